The van der Waals surface area contributed by atoms with Gasteiger partial charge in [0.1, 0.15) is 0 Å². The second-order valence-electron chi connectivity index (χ2n) is 5.62. The summed E-state index contributed by atoms with van der Waals surface area (Å²) >= 11 is 0. The van der Waals surface area contributed by atoms with Crippen LogP contribution in [0.2, 0.25) is 0 Å². The summed E-state index contributed by atoms with van der Waals surface area (Å²) in [6.45, 7) is 1.92. The molecule has 0 bridgehead atoms. The molecule has 2 aromatic rings. The molecule has 0 aromatic carbocycles. The number of methoxy groups -OCH3 is 1. The lowest BCUT2D eigenvalue weighted by Gasteiger charge is -2.29. The Balaban J connectivity index is 1.78. The molecule has 2 aromatic heterocycles. The Morgan fingerprint density at radius 2 is 2.32 bits per heavy atom. The lowest BCUT2D eigenvalue weighted by molar-refractivity contribution is -0.134. The van der Waals surface area contributed by atoms with Gasteiger partial charge < -0.3 is 9.64 Å². The highest BCUT2D eigenvalue weighted by Crippen LogP contribution is 2.18. The van der Waals surface area contributed by atoms with Gasteiger partial charge in [-0.1, -0.05) is 0 Å². The highest BCUT2D eigenvalue weighted by Gasteiger charge is 2.28. The predicted molar refractivity (Wildman–Crippen MR) is 80.0 cm³/mol. The average molecular weight is 303 g/mol. The van der Waals surface area contributed by atoms with Crippen molar-refractivity contribution >= 4 is 5.91 Å². The number of nitrogens with zero attached hydrogens (tertiary/aromatic N) is 5. The van der Waals surface area contributed by atoms with E-state index in [1.54, 1.807) is 18.0 Å². The minimum atomic E-state index is 0.0721. The predicted octanol–water partition coefficient (Wildman–Crippen LogP) is 0.607. The summed E-state index contributed by atoms with van der Waals surface area (Å²) < 4.78 is 8.99. The van der Waals surface area contributed by atoms with Crippen LogP contribution in [-0.4, -0.2) is 50.1 Å². The third kappa shape index (κ3) is 3.04. The van der Waals surface area contributed by atoms with E-state index in [1.807, 2.05) is 35.0 Å². The third-order valence-electron chi connectivity index (χ3n) is 4.03. The van der Waals surface area contributed by atoms with Crippen LogP contribution in [-0.2, 0) is 36.1 Å². The normalized spacial score (nSPS) is 18.1. The first kappa shape index (κ1) is 14.8. The van der Waals surface area contributed by atoms with Crippen molar-refractivity contribution in [3.05, 3.63) is 35.9 Å². The van der Waals surface area contributed by atoms with E-state index in [0.29, 0.717) is 19.6 Å². The number of ether oxygens (including phenoxy) is 1. The molecule has 3 heterocycles. The van der Waals surface area contributed by atoms with Gasteiger partial charge in [0.15, 0.2) is 0 Å². The molecule has 0 saturated heterocycles. The van der Waals surface area contributed by atoms with Crippen LogP contribution < -0.4 is 0 Å². The molecular weight excluding hydrogens is 282 g/mol. The van der Waals surface area contributed by atoms with Crippen molar-refractivity contribution < 1.29 is 9.53 Å². The maximum absolute atomic E-state index is 12.7. The van der Waals surface area contributed by atoms with Crippen LogP contribution in [0.25, 0.3) is 0 Å². The molecule has 1 aliphatic rings. The van der Waals surface area contributed by atoms with E-state index in [1.165, 1.54) is 0 Å². The highest BCUT2D eigenvalue weighted by molar-refractivity contribution is 5.78. The summed E-state index contributed by atoms with van der Waals surface area (Å²) in [6.07, 6.45) is 4.80. The zero-order valence-electron chi connectivity index (χ0n) is 13.0. The van der Waals surface area contributed by atoms with E-state index >= 15 is 0 Å². The largest absolute Gasteiger partial charge is 0.383 e. The number of rotatable bonds is 4. The number of fused-ring (bicyclic) bond motifs is 1. The average Bonchev–Trinajstić information content (AvgIpc) is 3.06. The van der Waals surface area contributed by atoms with Gasteiger partial charge in [0.25, 0.3) is 0 Å². The van der Waals surface area contributed by atoms with Gasteiger partial charge in [0.2, 0.25) is 5.91 Å². The van der Waals surface area contributed by atoms with E-state index in [2.05, 4.69) is 10.2 Å². The molecular formula is C15H21N5O2. The summed E-state index contributed by atoms with van der Waals surface area (Å²) in [4.78, 5) is 14.6. The van der Waals surface area contributed by atoms with Gasteiger partial charge in [-0.2, -0.15) is 10.2 Å². The molecule has 7 heteroatoms. The Morgan fingerprint density at radius 3 is 3.05 bits per heavy atom. The number of amides is 1. The summed E-state index contributed by atoms with van der Waals surface area (Å²) in [5, 5.41) is 8.61. The van der Waals surface area contributed by atoms with Gasteiger partial charge >= 0.3 is 0 Å². The van der Waals surface area contributed by atoms with Gasteiger partial charge in [0.05, 0.1) is 37.0 Å². The van der Waals surface area contributed by atoms with Crippen molar-refractivity contribution in [2.45, 2.75) is 32.0 Å². The minimum Gasteiger partial charge on any atom is -0.383 e. The molecule has 1 amide bonds. The Labute approximate surface area is 129 Å². The first-order valence-electron chi connectivity index (χ1n) is 7.45. The fourth-order valence-corrected chi connectivity index (χ4v) is 2.90. The maximum Gasteiger partial charge on any atom is 0.229 e. The first-order chi connectivity index (χ1) is 10.7. The molecule has 0 N–H and O–H groups in total. The van der Waals surface area contributed by atoms with Crippen molar-refractivity contribution in [2.75, 3.05) is 13.7 Å². The van der Waals surface area contributed by atoms with Gasteiger partial charge in [-0.15, -0.1) is 0 Å². The summed E-state index contributed by atoms with van der Waals surface area (Å²) in [5.41, 5.74) is 1.86. The molecule has 0 aliphatic carbocycles. The fraction of sp³-hybridized carbons (Fsp3) is 0.533. The van der Waals surface area contributed by atoms with Gasteiger partial charge in [-0.25, -0.2) is 0 Å². The third-order valence-corrected chi connectivity index (χ3v) is 4.03. The molecule has 0 radical (unpaired) electrons. The second kappa shape index (κ2) is 6.31. The Bertz CT molecular complexity index is 648. The Hall–Kier alpha value is -2.15. The topological polar surface area (TPSA) is 65.2 Å². The smallest absolute Gasteiger partial charge is 0.229 e. The number of hydrogen-bond donors (Lipinski definition) is 0. The van der Waals surface area contributed by atoms with Crippen molar-refractivity contribution in [3.63, 3.8) is 0 Å². The molecule has 118 valence electrons. The van der Waals surface area contributed by atoms with Crippen LogP contribution in [0.4, 0.5) is 0 Å². The molecule has 1 aliphatic heterocycles. The van der Waals surface area contributed by atoms with E-state index in [-0.39, 0.29) is 11.9 Å². The lowest BCUT2D eigenvalue weighted by Crippen LogP contribution is -2.42. The van der Waals surface area contributed by atoms with Crippen LogP contribution in [0.1, 0.15) is 17.8 Å². The molecule has 0 saturated carbocycles. The van der Waals surface area contributed by atoms with E-state index in [0.717, 1.165) is 24.4 Å². The van der Waals surface area contributed by atoms with Crippen molar-refractivity contribution in [1.82, 2.24) is 24.5 Å². The Morgan fingerprint density at radius 1 is 1.45 bits per heavy atom. The van der Waals surface area contributed by atoms with Crippen molar-refractivity contribution in [3.8, 4) is 0 Å². The SMILES string of the molecule is COC[C@@H]1CCn2nccc2CN1C(=O)Cc1ccn(C)n1. The van der Waals surface area contributed by atoms with E-state index < -0.39 is 0 Å². The molecule has 0 unspecified atom stereocenters. The molecule has 0 fully saturated rings. The van der Waals surface area contributed by atoms with Crippen LogP contribution in [0, 0.1) is 0 Å². The van der Waals surface area contributed by atoms with Gasteiger partial charge in [-0.05, 0) is 18.6 Å². The zero-order valence-corrected chi connectivity index (χ0v) is 13.0. The van der Waals surface area contributed by atoms with E-state index in [4.69, 9.17) is 4.74 Å². The quantitative estimate of drug-likeness (QED) is 0.830. The number of aryl methyl sites for hydroxylation is 2. The van der Waals surface area contributed by atoms with Crippen LogP contribution in [0.5, 0.6) is 0 Å². The summed E-state index contributed by atoms with van der Waals surface area (Å²) in [6, 6.07) is 3.92. The molecule has 1 atom stereocenters. The minimum absolute atomic E-state index is 0.0721. The first-order valence-corrected chi connectivity index (χ1v) is 7.45. The van der Waals surface area contributed by atoms with Gasteiger partial charge in [-0.3, -0.25) is 14.2 Å². The van der Waals surface area contributed by atoms with Crippen molar-refractivity contribution in [1.29, 1.82) is 0 Å². The zero-order chi connectivity index (χ0) is 15.5. The molecule has 0 spiro atoms. The summed E-state index contributed by atoms with van der Waals surface area (Å²) in [5.74, 6) is 0.0791. The molecule has 3 rings (SSSR count). The monoisotopic (exact) mass is 303 g/mol. The van der Waals surface area contributed by atoms with Gasteiger partial charge in [0, 0.05) is 33.1 Å². The van der Waals surface area contributed by atoms with E-state index in [9.17, 15) is 4.79 Å². The Kier molecular flexibility index (Phi) is 4.24. The second-order valence-corrected chi connectivity index (χ2v) is 5.62. The van der Waals surface area contributed by atoms with Crippen LogP contribution in [0.3, 0.4) is 0 Å². The molecule has 22 heavy (non-hydrogen) atoms. The fourth-order valence-electron chi connectivity index (χ4n) is 2.90. The number of aromatic nitrogens is 4. The number of carbonyl (C=O) groups is 1. The lowest BCUT2D eigenvalue weighted by atomic mass is 10.1. The van der Waals surface area contributed by atoms with Crippen LogP contribution >= 0.6 is 0 Å². The molecule has 7 nitrogen and oxygen atoms in total. The number of hydrogen-bond acceptors (Lipinski definition) is 4. The summed E-state index contributed by atoms with van der Waals surface area (Å²) in [7, 11) is 3.52. The standard InChI is InChI=1S/C15H21N5O2/c1-18-7-4-12(17-18)9-15(21)19-10-13-3-6-16-20(13)8-5-14(19)11-22-2/h3-4,6-7,14H,5,8-11H2,1-2H3/t14-/m0/s1. The van der Waals surface area contributed by atoms with Crippen LogP contribution in [0.15, 0.2) is 24.5 Å². The number of carbonyl (C=O) groups excluding carboxylic acids is 1. The highest BCUT2D eigenvalue weighted by atomic mass is 16.5. The van der Waals surface area contributed by atoms with Crippen molar-refractivity contribution in [2.24, 2.45) is 7.05 Å². The maximum atomic E-state index is 12.7.